The molecule has 2 heterocycles. The summed E-state index contributed by atoms with van der Waals surface area (Å²) in [6.07, 6.45) is 4.17. The molecule has 6 nitrogen and oxygen atoms in total. The highest BCUT2D eigenvalue weighted by molar-refractivity contribution is 14.0. The van der Waals surface area contributed by atoms with E-state index in [1.54, 1.807) is 4.90 Å². The molecule has 0 bridgehead atoms. The Labute approximate surface area is 180 Å². The fourth-order valence-corrected chi connectivity index (χ4v) is 4.01. The van der Waals surface area contributed by atoms with Gasteiger partial charge in [0.15, 0.2) is 5.96 Å². The molecule has 1 aromatic rings. The zero-order chi connectivity index (χ0) is 18.5. The van der Waals surface area contributed by atoms with Gasteiger partial charge in [0, 0.05) is 46.5 Å². The molecule has 0 saturated carbocycles. The largest absolute Gasteiger partial charge is 0.356 e. The van der Waals surface area contributed by atoms with Crippen LogP contribution in [0.1, 0.15) is 24.8 Å². The third-order valence-corrected chi connectivity index (χ3v) is 5.35. The number of rotatable bonds is 5. The van der Waals surface area contributed by atoms with Gasteiger partial charge in [0.1, 0.15) is 0 Å². The van der Waals surface area contributed by atoms with Gasteiger partial charge in [-0.15, -0.1) is 24.0 Å². The molecule has 2 aliphatic heterocycles. The number of benzene rings is 1. The third-order valence-electron chi connectivity index (χ3n) is 5.35. The molecule has 1 saturated heterocycles. The maximum atomic E-state index is 12.3. The Kier molecular flexibility index (Phi) is 8.34. The molecule has 3 rings (SSSR count). The molecule has 150 valence electrons. The van der Waals surface area contributed by atoms with Crippen LogP contribution >= 0.6 is 24.0 Å². The van der Waals surface area contributed by atoms with Crippen molar-refractivity contribution in [3.8, 4) is 0 Å². The molecule has 7 heteroatoms. The third kappa shape index (κ3) is 5.13. The number of hydrogen-bond acceptors (Lipinski definition) is 3. The number of amides is 1. The predicted octanol–water partition coefficient (Wildman–Crippen LogP) is 2.19. The summed E-state index contributed by atoms with van der Waals surface area (Å²) in [6.45, 7) is 3.82. The second kappa shape index (κ2) is 10.3. The molecule has 1 fully saturated rings. The average molecular weight is 485 g/mol. The van der Waals surface area contributed by atoms with Crippen molar-refractivity contribution in [3.63, 3.8) is 0 Å². The molecule has 1 aromatic carbocycles. The molecule has 1 unspecified atom stereocenters. The lowest BCUT2D eigenvalue weighted by atomic mass is 10.2. The Bertz CT molecular complexity index is 664. The highest BCUT2D eigenvalue weighted by atomic mass is 127. The van der Waals surface area contributed by atoms with Gasteiger partial charge in [-0.2, -0.15) is 0 Å². The van der Waals surface area contributed by atoms with Crippen molar-refractivity contribution in [2.45, 2.75) is 31.7 Å². The van der Waals surface area contributed by atoms with E-state index in [-0.39, 0.29) is 35.9 Å². The van der Waals surface area contributed by atoms with Crippen molar-refractivity contribution in [3.05, 3.63) is 29.8 Å². The first kappa shape index (κ1) is 21.9. The van der Waals surface area contributed by atoms with E-state index in [1.807, 2.05) is 21.1 Å². The molecule has 2 aliphatic rings. The molecular formula is C20H32IN5O. The van der Waals surface area contributed by atoms with Crippen LogP contribution in [0.2, 0.25) is 0 Å². The van der Waals surface area contributed by atoms with E-state index in [0.717, 1.165) is 57.8 Å². The average Bonchev–Trinajstić information content (AvgIpc) is 3.28. The van der Waals surface area contributed by atoms with Crippen LogP contribution in [0.4, 0.5) is 5.69 Å². The van der Waals surface area contributed by atoms with Gasteiger partial charge in [-0.25, -0.2) is 0 Å². The highest BCUT2D eigenvalue weighted by Crippen LogP contribution is 2.27. The molecule has 0 aliphatic carbocycles. The minimum Gasteiger partial charge on any atom is -0.356 e. The predicted molar refractivity (Wildman–Crippen MR) is 122 cm³/mol. The number of hydrogen-bond donors (Lipinski definition) is 1. The summed E-state index contributed by atoms with van der Waals surface area (Å²) in [7, 11) is 5.53. The number of fused-ring (bicyclic) bond motifs is 1. The van der Waals surface area contributed by atoms with E-state index in [0.29, 0.717) is 0 Å². The molecule has 1 atom stereocenters. The van der Waals surface area contributed by atoms with E-state index in [9.17, 15) is 4.79 Å². The summed E-state index contributed by atoms with van der Waals surface area (Å²) >= 11 is 0. The maximum Gasteiger partial charge on any atom is 0.239 e. The van der Waals surface area contributed by atoms with Crippen molar-refractivity contribution < 1.29 is 4.79 Å². The first-order valence-electron chi connectivity index (χ1n) is 9.63. The lowest BCUT2D eigenvalue weighted by Crippen LogP contribution is -2.44. The van der Waals surface area contributed by atoms with Crippen LogP contribution in [-0.4, -0.2) is 75.0 Å². The number of halogens is 1. The van der Waals surface area contributed by atoms with E-state index >= 15 is 0 Å². The lowest BCUT2D eigenvalue weighted by Gasteiger charge is -2.26. The number of carbonyl (C=O) groups is 1. The quantitative estimate of drug-likeness (QED) is 0.301. The second-order valence-corrected chi connectivity index (χ2v) is 7.28. The summed E-state index contributed by atoms with van der Waals surface area (Å²) in [5.41, 5.74) is 2.65. The lowest BCUT2D eigenvalue weighted by molar-refractivity contribution is -0.133. The van der Waals surface area contributed by atoms with Gasteiger partial charge in [0.25, 0.3) is 0 Å². The van der Waals surface area contributed by atoms with Crippen molar-refractivity contribution in [2.24, 2.45) is 4.99 Å². The number of likely N-dealkylation sites (tertiary alicyclic amines) is 1. The van der Waals surface area contributed by atoms with Gasteiger partial charge in [-0.3, -0.25) is 14.7 Å². The topological polar surface area (TPSA) is 51.2 Å². The number of likely N-dealkylation sites (N-methyl/N-ethyl adjacent to an activating group) is 1. The van der Waals surface area contributed by atoms with Crippen LogP contribution in [0.5, 0.6) is 0 Å². The van der Waals surface area contributed by atoms with E-state index < -0.39 is 0 Å². The zero-order valence-corrected chi connectivity index (χ0v) is 19.0. The summed E-state index contributed by atoms with van der Waals surface area (Å²) in [5.74, 6) is 1.18. The first-order chi connectivity index (χ1) is 12.6. The number of aliphatic imine (C=N–C) groups is 1. The van der Waals surface area contributed by atoms with Crippen LogP contribution in [0.15, 0.2) is 29.3 Å². The Morgan fingerprint density at radius 3 is 2.81 bits per heavy atom. The van der Waals surface area contributed by atoms with Crippen LogP contribution < -0.4 is 10.2 Å². The van der Waals surface area contributed by atoms with Gasteiger partial charge in [-0.05, 0) is 43.9 Å². The Morgan fingerprint density at radius 1 is 1.30 bits per heavy atom. The first-order valence-corrected chi connectivity index (χ1v) is 9.63. The summed E-state index contributed by atoms with van der Waals surface area (Å²) in [6, 6.07) is 8.60. The van der Waals surface area contributed by atoms with E-state index in [2.05, 4.69) is 44.4 Å². The smallest absolute Gasteiger partial charge is 0.239 e. The highest BCUT2D eigenvalue weighted by Gasteiger charge is 2.31. The van der Waals surface area contributed by atoms with Crippen LogP contribution in [0.3, 0.4) is 0 Å². The minimum atomic E-state index is 0. The number of nitrogens with zero attached hydrogens (tertiary/aromatic N) is 4. The van der Waals surface area contributed by atoms with Crippen LogP contribution in [0.25, 0.3) is 0 Å². The Balaban J connectivity index is 0.00000261. The minimum absolute atomic E-state index is 0. The number of anilines is 1. The number of para-hydroxylation sites is 1. The maximum absolute atomic E-state index is 12.3. The Hall–Kier alpha value is -1.35. The van der Waals surface area contributed by atoms with Crippen molar-refractivity contribution >= 4 is 41.5 Å². The molecular weight excluding hydrogens is 453 g/mol. The molecule has 1 amide bonds. The van der Waals surface area contributed by atoms with Crippen molar-refractivity contribution in [1.82, 2.24) is 15.1 Å². The van der Waals surface area contributed by atoms with Gasteiger partial charge in [0.05, 0.1) is 6.04 Å². The van der Waals surface area contributed by atoms with Crippen LogP contribution in [-0.2, 0) is 11.2 Å². The molecule has 0 radical (unpaired) electrons. The second-order valence-electron chi connectivity index (χ2n) is 7.28. The number of guanidine groups is 1. The van der Waals surface area contributed by atoms with Gasteiger partial charge in [0.2, 0.25) is 5.91 Å². The van der Waals surface area contributed by atoms with Crippen molar-refractivity contribution in [2.75, 3.05) is 52.2 Å². The van der Waals surface area contributed by atoms with Crippen LogP contribution in [0, 0.1) is 0 Å². The summed E-state index contributed by atoms with van der Waals surface area (Å²) in [5, 5.41) is 3.50. The monoisotopic (exact) mass is 485 g/mol. The number of nitrogens with one attached hydrogen (secondary N) is 1. The van der Waals surface area contributed by atoms with E-state index in [1.165, 1.54) is 11.3 Å². The van der Waals surface area contributed by atoms with E-state index in [4.69, 9.17) is 0 Å². The fourth-order valence-electron chi connectivity index (χ4n) is 4.01. The van der Waals surface area contributed by atoms with Gasteiger partial charge < -0.3 is 15.1 Å². The normalized spacial score (nSPS) is 19.6. The SMILES string of the molecule is CN=C(NCCCN1CCCC1C(=O)N(C)C)N1CCc2ccccc21.I. The molecule has 0 spiro atoms. The molecule has 27 heavy (non-hydrogen) atoms. The fraction of sp³-hybridized carbons (Fsp3) is 0.600. The van der Waals surface area contributed by atoms with Gasteiger partial charge >= 0.3 is 0 Å². The summed E-state index contributed by atoms with van der Waals surface area (Å²) < 4.78 is 0. The molecule has 1 N–H and O–H groups in total. The van der Waals surface area contributed by atoms with Gasteiger partial charge in [-0.1, -0.05) is 18.2 Å². The molecule has 0 aromatic heterocycles. The number of carbonyl (C=O) groups excluding carboxylic acids is 1. The summed E-state index contributed by atoms with van der Waals surface area (Å²) in [4.78, 5) is 23.1. The van der Waals surface area contributed by atoms with Crippen molar-refractivity contribution in [1.29, 1.82) is 0 Å². The standard InChI is InChI=1S/C20H31N5O.HI/c1-21-20(25-15-11-16-8-4-5-9-17(16)25)22-12-7-14-24-13-6-10-18(24)19(26)23(2)3;/h4-5,8-9,18H,6-7,10-15H2,1-3H3,(H,21,22);1H. The zero-order valence-electron chi connectivity index (χ0n) is 16.6. The Morgan fingerprint density at radius 2 is 2.07 bits per heavy atom.